The van der Waals surface area contributed by atoms with E-state index in [1.165, 1.54) is 0 Å². The quantitative estimate of drug-likeness (QED) is 0.637. The van der Waals surface area contributed by atoms with Gasteiger partial charge in [-0.1, -0.05) is 42.5 Å². The summed E-state index contributed by atoms with van der Waals surface area (Å²) in [5, 5.41) is 4.18. The van der Waals surface area contributed by atoms with E-state index in [0.29, 0.717) is 6.42 Å². The van der Waals surface area contributed by atoms with Gasteiger partial charge in [0.1, 0.15) is 11.8 Å². The molecule has 0 unspecified atom stereocenters. The van der Waals surface area contributed by atoms with Crippen LogP contribution in [0.1, 0.15) is 18.7 Å². The predicted molar refractivity (Wildman–Crippen MR) is 94.8 cm³/mol. The second-order valence-corrected chi connectivity index (χ2v) is 6.48. The highest BCUT2D eigenvalue weighted by molar-refractivity contribution is 7.10. The van der Waals surface area contributed by atoms with E-state index < -0.39 is 6.08 Å². The van der Waals surface area contributed by atoms with E-state index in [-0.39, 0.29) is 0 Å². The Morgan fingerprint density at radius 2 is 1.91 bits per heavy atom. The smallest absolute Gasteiger partial charge is 0.134 e. The molecule has 0 saturated heterocycles. The van der Waals surface area contributed by atoms with E-state index in [1.54, 1.807) is 11.3 Å². The predicted octanol–water partition coefficient (Wildman–Crippen LogP) is 4.97. The van der Waals surface area contributed by atoms with Gasteiger partial charge in [-0.2, -0.15) is 0 Å². The lowest BCUT2D eigenvalue weighted by molar-refractivity contribution is 0.185. The van der Waals surface area contributed by atoms with Gasteiger partial charge in [0.15, 0.2) is 0 Å². The number of rotatable bonds is 6. The minimum absolute atomic E-state index is 0.615. The summed E-state index contributed by atoms with van der Waals surface area (Å²) in [7, 11) is 4.04. The van der Waals surface area contributed by atoms with E-state index in [2.05, 4.69) is 17.0 Å². The Balaban J connectivity index is 1.97. The highest BCUT2D eigenvalue weighted by atomic mass is 32.1. The normalized spacial score (nSPS) is 14.8. The van der Waals surface area contributed by atoms with E-state index in [4.69, 9.17) is 6.11 Å². The summed E-state index contributed by atoms with van der Waals surface area (Å²) < 4.78 is 15.2. The molecule has 0 amide bonds. The fraction of sp³-hybridized carbons (Fsp3) is 0.263. The van der Waals surface area contributed by atoms with Gasteiger partial charge in [0, 0.05) is 23.2 Å². The van der Waals surface area contributed by atoms with Crippen LogP contribution in [0, 0.1) is 0 Å². The Morgan fingerprint density at radius 1 is 1.09 bits per heavy atom. The van der Waals surface area contributed by atoms with Crippen LogP contribution >= 0.6 is 11.3 Å². The molecule has 3 heteroatoms. The third-order valence-electron chi connectivity index (χ3n) is 3.56. The van der Waals surface area contributed by atoms with Crippen molar-refractivity contribution >= 4 is 22.1 Å². The molecule has 0 bridgehead atoms. The summed E-state index contributed by atoms with van der Waals surface area (Å²) in [5.41, 5.74) is 0. The molecule has 2 nitrogen and oxygen atoms in total. The van der Waals surface area contributed by atoms with Crippen LogP contribution in [0.5, 0.6) is 5.75 Å². The van der Waals surface area contributed by atoms with Gasteiger partial charge in [-0.25, -0.2) is 0 Å². The molecule has 0 N–H and O–H groups in total. The zero-order valence-corrected chi connectivity index (χ0v) is 13.8. The molecule has 22 heavy (non-hydrogen) atoms. The van der Waals surface area contributed by atoms with Crippen LogP contribution in [0.3, 0.4) is 0 Å². The zero-order valence-electron chi connectivity index (χ0n) is 14.0. The maximum absolute atomic E-state index is 8.95. The molecule has 0 radical (unpaired) electrons. The molecule has 0 fully saturated rings. The van der Waals surface area contributed by atoms with Crippen molar-refractivity contribution in [3.8, 4) is 5.75 Å². The summed E-state index contributed by atoms with van der Waals surface area (Å²) in [6.07, 6.45) is -0.452. The molecule has 2 aromatic carbocycles. The second kappa shape index (κ2) is 6.95. The lowest BCUT2D eigenvalue weighted by Gasteiger charge is -2.21. The van der Waals surface area contributed by atoms with Gasteiger partial charge < -0.3 is 9.64 Å². The van der Waals surface area contributed by atoms with Gasteiger partial charge in [-0.3, -0.25) is 0 Å². The first kappa shape index (κ1) is 13.8. The molecule has 114 valence electrons. The Labute approximate surface area is 137 Å². The molecule has 0 aliphatic carbocycles. The van der Waals surface area contributed by atoms with E-state index >= 15 is 0 Å². The molecule has 3 aromatic rings. The van der Waals surface area contributed by atoms with E-state index in [9.17, 15) is 0 Å². The number of thiophene rings is 1. The molecule has 0 aliphatic rings. The Kier molecular flexibility index (Phi) is 4.36. The van der Waals surface area contributed by atoms with Crippen LogP contribution in [-0.4, -0.2) is 25.5 Å². The maximum Gasteiger partial charge on any atom is 0.134 e. The summed E-state index contributed by atoms with van der Waals surface area (Å²) in [6, 6.07) is 18.1. The summed E-state index contributed by atoms with van der Waals surface area (Å²) >= 11 is 1.58. The summed E-state index contributed by atoms with van der Waals surface area (Å²) in [4.78, 5) is 3.02. The molecule has 0 spiro atoms. The van der Waals surface area contributed by atoms with Gasteiger partial charge in [0.05, 0.1) is 1.37 Å². The molecule has 1 aromatic heterocycles. The number of hydrogen-bond acceptors (Lipinski definition) is 3. The minimum Gasteiger partial charge on any atom is -0.484 e. The lowest BCUT2D eigenvalue weighted by atomic mass is 10.1. The average molecular weight is 312 g/mol. The van der Waals surface area contributed by atoms with Crippen LogP contribution in [0.4, 0.5) is 0 Å². The van der Waals surface area contributed by atoms with Crippen molar-refractivity contribution < 1.29 is 6.11 Å². The first-order chi connectivity index (χ1) is 11.1. The van der Waals surface area contributed by atoms with E-state index in [0.717, 1.165) is 27.9 Å². The fourth-order valence-corrected chi connectivity index (χ4v) is 3.14. The average Bonchev–Trinajstić information content (AvgIpc) is 3.09. The molecule has 3 rings (SSSR count). The van der Waals surface area contributed by atoms with Crippen LogP contribution in [0.2, 0.25) is 0 Å². The summed E-state index contributed by atoms with van der Waals surface area (Å²) in [5.74, 6) is 0.769. The first-order valence-electron chi connectivity index (χ1n) is 7.94. The largest absolute Gasteiger partial charge is 0.484 e. The molecular formula is C19H21NOS. The van der Waals surface area contributed by atoms with Gasteiger partial charge in [0.2, 0.25) is 0 Å². The van der Waals surface area contributed by atoms with Crippen LogP contribution in [-0.2, 0) is 0 Å². The topological polar surface area (TPSA) is 12.5 Å². The zero-order chi connectivity index (χ0) is 16.3. The molecule has 1 heterocycles. The summed E-state index contributed by atoms with van der Waals surface area (Å²) in [6.45, 7) is 0.798. The van der Waals surface area contributed by atoms with Crippen molar-refractivity contribution in [2.24, 2.45) is 0 Å². The monoisotopic (exact) mass is 312 g/mol. The van der Waals surface area contributed by atoms with Crippen LogP contribution < -0.4 is 4.74 Å². The molecule has 0 saturated carbocycles. The SMILES string of the molecule is [2H][C@@](CCN(C)C)(Oc1cccc2ccccc12)c1cccs1. The molecule has 0 aliphatic heterocycles. The van der Waals surface area contributed by atoms with Crippen LogP contribution in [0.15, 0.2) is 60.0 Å². The third kappa shape index (κ3) is 3.49. The number of hydrogen-bond donors (Lipinski definition) is 0. The Hall–Kier alpha value is -1.84. The highest BCUT2D eigenvalue weighted by Crippen LogP contribution is 2.32. The van der Waals surface area contributed by atoms with Gasteiger partial charge >= 0.3 is 0 Å². The molecular weight excluding hydrogens is 290 g/mol. The second-order valence-electron chi connectivity index (χ2n) is 5.53. The van der Waals surface area contributed by atoms with Crippen LogP contribution in [0.25, 0.3) is 10.8 Å². The third-order valence-corrected chi connectivity index (χ3v) is 4.48. The lowest BCUT2D eigenvalue weighted by Crippen LogP contribution is -2.18. The minimum atomic E-state index is -1.07. The maximum atomic E-state index is 8.95. The van der Waals surface area contributed by atoms with Crippen molar-refractivity contribution in [3.63, 3.8) is 0 Å². The van der Waals surface area contributed by atoms with E-state index in [1.807, 2.05) is 61.9 Å². The standard InChI is InChI=1S/C19H21NOS/c1-20(2)13-12-18(19-11-6-14-22-19)21-17-10-5-8-15-7-3-4-9-16(15)17/h3-11,14,18H,12-13H2,1-2H3/t18-/m0/s1/i18D. The van der Waals surface area contributed by atoms with Crippen molar-refractivity contribution in [2.45, 2.75) is 12.5 Å². The van der Waals surface area contributed by atoms with Gasteiger partial charge in [0.25, 0.3) is 0 Å². The number of ether oxygens (including phenoxy) is 1. The Morgan fingerprint density at radius 3 is 2.68 bits per heavy atom. The van der Waals surface area contributed by atoms with Crippen molar-refractivity contribution in [3.05, 3.63) is 64.9 Å². The highest BCUT2D eigenvalue weighted by Gasteiger charge is 2.16. The van der Waals surface area contributed by atoms with Crippen molar-refractivity contribution in [1.29, 1.82) is 0 Å². The number of nitrogens with zero attached hydrogens (tertiary/aromatic N) is 1. The first-order valence-corrected chi connectivity index (χ1v) is 8.32. The number of benzene rings is 2. The van der Waals surface area contributed by atoms with Gasteiger partial charge in [-0.15, -0.1) is 11.3 Å². The fourth-order valence-electron chi connectivity index (χ4n) is 2.40. The van der Waals surface area contributed by atoms with Crippen molar-refractivity contribution in [2.75, 3.05) is 20.6 Å². The molecule has 1 atom stereocenters. The Bertz CT molecular complexity index is 767. The van der Waals surface area contributed by atoms with Gasteiger partial charge in [-0.05, 0) is 37.0 Å². The van der Waals surface area contributed by atoms with Crippen molar-refractivity contribution in [1.82, 2.24) is 4.90 Å². The number of fused-ring (bicyclic) bond motifs is 1.